The number of unbranched alkanes of at least 4 members (excludes halogenated alkanes) is 1. The normalized spacial score (nSPS) is 14.4. The number of hydrogen-bond donors (Lipinski definition) is 0. The Morgan fingerprint density at radius 2 is 1.90 bits per heavy atom. The van der Waals surface area contributed by atoms with E-state index in [1.807, 2.05) is 41.3 Å². The summed E-state index contributed by atoms with van der Waals surface area (Å²) in [5.41, 5.74) is 2.86. The average Bonchev–Trinajstić information content (AvgIpc) is 3.21. The molecular weight excluding hydrogens is 382 g/mol. The Kier molecular flexibility index (Phi) is 5.94. The number of nitrogens with zero attached hydrogens (tertiary/aromatic N) is 5. The maximum Gasteiger partial charge on any atom is 0.253 e. The summed E-state index contributed by atoms with van der Waals surface area (Å²) in [6.45, 7) is 6.24. The molecule has 3 aromatic rings. The van der Waals surface area contributed by atoms with E-state index in [-0.39, 0.29) is 5.91 Å². The first-order valence-corrected chi connectivity index (χ1v) is 11.0. The molecule has 0 radical (unpaired) electrons. The van der Waals surface area contributed by atoms with Crippen molar-refractivity contribution >= 4 is 38.4 Å². The molecule has 29 heavy (non-hydrogen) atoms. The molecule has 6 nitrogen and oxygen atoms in total. The van der Waals surface area contributed by atoms with Gasteiger partial charge in [-0.05, 0) is 42.8 Å². The predicted molar refractivity (Wildman–Crippen MR) is 120 cm³/mol. The molecule has 3 heterocycles. The lowest BCUT2D eigenvalue weighted by Crippen LogP contribution is -2.48. The van der Waals surface area contributed by atoms with E-state index in [9.17, 15) is 4.79 Å². The van der Waals surface area contributed by atoms with Crippen LogP contribution in [0.5, 0.6) is 0 Å². The average molecular weight is 410 g/mol. The van der Waals surface area contributed by atoms with Crippen molar-refractivity contribution in [3.63, 3.8) is 0 Å². The van der Waals surface area contributed by atoms with Gasteiger partial charge in [0, 0.05) is 57.2 Å². The van der Waals surface area contributed by atoms with E-state index in [0.717, 1.165) is 46.4 Å². The number of carbonyl (C=O) groups excluding carboxylic acids is 1. The van der Waals surface area contributed by atoms with Crippen LogP contribution < -0.4 is 9.80 Å². The van der Waals surface area contributed by atoms with Gasteiger partial charge in [-0.2, -0.15) is 0 Å². The van der Waals surface area contributed by atoms with Gasteiger partial charge >= 0.3 is 0 Å². The standard InChI is InChI=1S/C22H27N5OS/c1-3-4-12-25(2)18-9-7-17(8-10-18)21(28)26-13-15-27(16-14-26)22-24-19-6-5-11-23-20(19)29-22/h5-11H,3-4,12-16H2,1-2H3. The number of anilines is 2. The lowest BCUT2D eigenvalue weighted by Gasteiger charge is -2.34. The highest BCUT2D eigenvalue weighted by Gasteiger charge is 2.24. The molecule has 0 bridgehead atoms. The zero-order chi connectivity index (χ0) is 20.2. The number of fused-ring (bicyclic) bond motifs is 1. The van der Waals surface area contributed by atoms with Crippen LogP contribution in [0.3, 0.4) is 0 Å². The second-order valence-electron chi connectivity index (χ2n) is 7.43. The van der Waals surface area contributed by atoms with Gasteiger partial charge in [0.25, 0.3) is 5.91 Å². The Balaban J connectivity index is 1.36. The van der Waals surface area contributed by atoms with Crippen LogP contribution in [0.15, 0.2) is 42.6 Å². The van der Waals surface area contributed by atoms with E-state index in [1.165, 1.54) is 12.8 Å². The third kappa shape index (κ3) is 4.34. The second-order valence-corrected chi connectivity index (χ2v) is 8.38. The van der Waals surface area contributed by atoms with Gasteiger partial charge in [0.05, 0.1) is 0 Å². The third-order valence-electron chi connectivity index (χ3n) is 5.39. The van der Waals surface area contributed by atoms with Crippen molar-refractivity contribution in [3.8, 4) is 0 Å². The van der Waals surface area contributed by atoms with Gasteiger partial charge in [-0.15, -0.1) is 0 Å². The number of carbonyl (C=O) groups is 1. The zero-order valence-corrected chi connectivity index (χ0v) is 17.9. The first-order valence-electron chi connectivity index (χ1n) is 10.2. The number of piperazine rings is 1. The molecule has 0 aliphatic carbocycles. The van der Waals surface area contributed by atoms with Crippen LogP contribution in [-0.2, 0) is 0 Å². The van der Waals surface area contributed by atoms with Crippen LogP contribution in [0.25, 0.3) is 10.3 Å². The minimum absolute atomic E-state index is 0.110. The lowest BCUT2D eigenvalue weighted by molar-refractivity contribution is 0.0747. The molecule has 2 aromatic heterocycles. The number of hydrogen-bond acceptors (Lipinski definition) is 6. The fourth-order valence-corrected chi connectivity index (χ4v) is 4.52. The monoisotopic (exact) mass is 409 g/mol. The summed E-state index contributed by atoms with van der Waals surface area (Å²) in [4.78, 5) is 29.4. The molecule has 0 atom stereocenters. The van der Waals surface area contributed by atoms with Crippen molar-refractivity contribution in [1.82, 2.24) is 14.9 Å². The molecule has 1 aliphatic heterocycles. The molecule has 1 saturated heterocycles. The molecule has 0 unspecified atom stereocenters. The Morgan fingerprint density at radius 1 is 1.14 bits per heavy atom. The molecule has 1 amide bonds. The van der Waals surface area contributed by atoms with Crippen molar-refractivity contribution in [2.24, 2.45) is 0 Å². The topological polar surface area (TPSA) is 52.6 Å². The highest BCUT2D eigenvalue weighted by molar-refractivity contribution is 7.21. The smallest absolute Gasteiger partial charge is 0.253 e. The van der Waals surface area contributed by atoms with Crippen LogP contribution in [-0.4, -0.2) is 60.5 Å². The van der Waals surface area contributed by atoms with Crippen molar-refractivity contribution in [3.05, 3.63) is 48.2 Å². The first-order chi connectivity index (χ1) is 14.2. The van der Waals surface area contributed by atoms with Crippen molar-refractivity contribution in [2.75, 3.05) is 49.6 Å². The Hall–Kier alpha value is -2.67. The molecule has 4 rings (SSSR count). The number of amides is 1. The fraction of sp³-hybridized carbons (Fsp3) is 0.409. The third-order valence-corrected chi connectivity index (χ3v) is 6.43. The molecule has 1 fully saturated rings. The Labute approximate surface area is 175 Å². The summed E-state index contributed by atoms with van der Waals surface area (Å²) in [6, 6.07) is 11.9. The molecule has 1 aromatic carbocycles. The number of aromatic nitrogens is 2. The van der Waals surface area contributed by atoms with Crippen LogP contribution >= 0.6 is 11.3 Å². The van der Waals surface area contributed by atoms with E-state index >= 15 is 0 Å². The van der Waals surface area contributed by atoms with Gasteiger partial charge in [-0.1, -0.05) is 24.7 Å². The summed E-state index contributed by atoms with van der Waals surface area (Å²) >= 11 is 1.62. The van der Waals surface area contributed by atoms with Crippen molar-refractivity contribution in [1.29, 1.82) is 0 Å². The maximum atomic E-state index is 12.9. The molecule has 0 spiro atoms. The summed E-state index contributed by atoms with van der Waals surface area (Å²) in [5, 5.41) is 0.991. The quantitative estimate of drug-likeness (QED) is 0.618. The number of rotatable bonds is 6. The minimum atomic E-state index is 0.110. The Bertz CT molecular complexity index is 930. The summed E-state index contributed by atoms with van der Waals surface area (Å²) in [7, 11) is 2.10. The number of benzene rings is 1. The highest BCUT2D eigenvalue weighted by atomic mass is 32.1. The summed E-state index contributed by atoms with van der Waals surface area (Å²) in [6.07, 6.45) is 4.15. The van der Waals surface area contributed by atoms with Crippen molar-refractivity contribution < 1.29 is 4.79 Å². The van der Waals surface area contributed by atoms with Crippen LogP contribution in [0.4, 0.5) is 10.8 Å². The lowest BCUT2D eigenvalue weighted by atomic mass is 10.1. The van der Waals surface area contributed by atoms with Gasteiger partial charge in [0.2, 0.25) is 0 Å². The summed E-state index contributed by atoms with van der Waals surface area (Å²) in [5.74, 6) is 0.110. The van der Waals surface area contributed by atoms with Gasteiger partial charge in [0.1, 0.15) is 10.3 Å². The van der Waals surface area contributed by atoms with Crippen LogP contribution in [0.2, 0.25) is 0 Å². The first kappa shape index (κ1) is 19.6. The zero-order valence-electron chi connectivity index (χ0n) is 17.0. The number of thiazole rings is 1. The molecule has 1 aliphatic rings. The van der Waals surface area contributed by atoms with E-state index in [0.29, 0.717) is 13.1 Å². The second kappa shape index (κ2) is 8.78. The van der Waals surface area contributed by atoms with Gasteiger partial charge < -0.3 is 14.7 Å². The van der Waals surface area contributed by atoms with E-state index < -0.39 is 0 Å². The molecular formula is C22H27N5OS. The Morgan fingerprint density at radius 3 is 2.59 bits per heavy atom. The van der Waals surface area contributed by atoms with Crippen LogP contribution in [0, 0.1) is 0 Å². The summed E-state index contributed by atoms with van der Waals surface area (Å²) < 4.78 is 0. The van der Waals surface area contributed by atoms with E-state index in [2.05, 4.69) is 33.7 Å². The molecule has 152 valence electrons. The van der Waals surface area contributed by atoms with Crippen molar-refractivity contribution in [2.45, 2.75) is 19.8 Å². The van der Waals surface area contributed by atoms with Crippen LogP contribution in [0.1, 0.15) is 30.1 Å². The predicted octanol–water partition coefficient (Wildman–Crippen LogP) is 3.89. The SMILES string of the molecule is CCCCN(C)c1ccc(C(=O)N2CCN(c3nc4cccnc4s3)CC2)cc1. The molecule has 0 N–H and O–H groups in total. The fourth-order valence-electron chi connectivity index (χ4n) is 3.56. The molecule has 7 heteroatoms. The van der Waals surface area contributed by atoms with Gasteiger partial charge in [-0.3, -0.25) is 4.79 Å². The van der Waals surface area contributed by atoms with Gasteiger partial charge in [-0.25, -0.2) is 9.97 Å². The highest BCUT2D eigenvalue weighted by Crippen LogP contribution is 2.28. The van der Waals surface area contributed by atoms with E-state index in [4.69, 9.17) is 0 Å². The number of pyridine rings is 1. The van der Waals surface area contributed by atoms with E-state index in [1.54, 1.807) is 17.5 Å². The maximum absolute atomic E-state index is 12.9. The molecule has 0 saturated carbocycles. The minimum Gasteiger partial charge on any atom is -0.375 e. The largest absolute Gasteiger partial charge is 0.375 e. The van der Waals surface area contributed by atoms with Gasteiger partial charge in [0.15, 0.2) is 5.13 Å².